The van der Waals surface area contributed by atoms with E-state index in [1.54, 1.807) is 36.4 Å². The summed E-state index contributed by atoms with van der Waals surface area (Å²) < 4.78 is 34.2. The van der Waals surface area contributed by atoms with Gasteiger partial charge in [-0.1, -0.05) is 36.4 Å². The molecule has 0 atom stereocenters. The molecule has 10 heteroatoms. The van der Waals surface area contributed by atoms with Gasteiger partial charge in [-0.2, -0.15) is 0 Å². The molecule has 5 rings (SSSR count). The molecule has 2 N–H and O–H groups in total. The summed E-state index contributed by atoms with van der Waals surface area (Å²) in [5.41, 5.74) is 1.54. The molecule has 0 saturated heterocycles. The Kier molecular flexibility index (Phi) is 6.94. The van der Waals surface area contributed by atoms with Crippen molar-refractivity contribution in [2.24, 2.45) is 0 Å². The molecule has 5 aromatic rings. The van der Waals surface area contributed by atoms with Gasteiger partial charge >= 0.3 is 0 Å². The zero-order valence-corrected chi connectivity index (χ0v) is 21.1. The number of benzene rings is 4. The van der Waals surface area contributed by atoms with Crippen molar-refractivity contribution in [1.82, 2.24) is 0 Å². The van der Waals surface area contributed by atoms with Gasteiger partial charge < -0.3 is 9.73 Å². The Morgan fingerprint density at radius 2 is 1.56 bits per heavy atom. The zero-order chi connectivity index (χ0) is 27.4. The first-order chi connectivity index (χ1) is 18.8. The lowest BCUT2D eigenvalue weighted by Crippen LogP contribution is -2.13. The highest BCUT2D eigenvalue weighted by Gasteiger charge is 2.16. The van der Waals surface area contributed by atoms with Gasteiger partial charge in [0.25, 0.3) is 15.7 Å². The summed E-state index contributed by atoms with van der Waals surface area (Å²) in [6.07, 6.45) is 2.77. The third-order valence-electron chi connectivity index (χ3n) is 5.85. The normalized spacial score (nSPS) is 11.5. The van der Waals surface area contributed by atoms with Gasteiger partial charge in [-0.25, -0.2) is 8.42 Å². The molecular formula is C29H21N3O6S. The van der Waals surface area contributed by atoms with Gasteiger partial charge in [0.1, 0.15) is 11.5 Å². The summed E-state index contributed by atoms with van der Waals surface area (Å²) in [6.45, 7) is 0. The fourth-order valence-electron chi connectivity index (χ4n) is 3.92. The summed E-state index contributed by atoms with van der Waals surface area (Å²) in [6, 6.07) is 28.0. The van der Waals surface area contributed by atoms with Crippen molar-refractivity contribution < 1.29 is 22.6 Å². The molecule has 0 unspecified atom stereocenters. The number of carbonyl (C=O) groups excluding carboxylic acids is 1. The van der Waals surface area contributed by atoms with Crippen molar-refractivity contribution in [2.75, 3.05) is 10.0 Å². The largest absolute Gasteiger partial charge is 0.457 e. The van der Waals surface area contributed by atoms with E-state index in [1.807, 2.05) is 30.3 Å². The number of furan rings is 1. The third-order valence-corrected chi connectivity index (χ3v) is 7.24. The lowest BCUT2D eigenvalue weighted by molar-refractivity contribution is -0.384. The standard InChI is InChI=1S/C29H21N3O6S/c33-29(19-15-24-14-18-28(38-24)21-8-12-23(13-9-21)32(34)35)30-22-10-16-25(17-11-22)39(36,37)31-27-7-3-5-20-4-1-2-6-26(20)27/h1-19,31H,(H,30,33)/b19-15+. The number of anilines is 2. The Morgan fingerprint density at radius 1 is 0.846 bits per heavy atom. The van der Waals surface area contributed by atoms with Gasteiger partial charge in [-0.3, -0.25) is 19.6 Å². The molecule has 0 fully saturated rings. The SMILES string of the molecule is O=C(/C=C/c1ccc(-c2ccc([N+](=O)[O-])cc2)o1)Nc1ccc(S(=O)(=O)Nc2cccc3ccccc23)cc1. The van der Waals surface area contributed by atoms with E-state index in [4.69, 9.17) is 4.42 Å². The zero-order valence-electron chi connectivity index (χ0n) is 20.3. The third kappa shape index (κ3) is 5.86. The fourth-order valence-corrected chi connectivity index (χ4v) is 5.00. The highest BCUT2D eigenvalue weighted by molar-refractivity contribution is 7.92. The molecule has 0 spiro atoms. The number of nitro groups is 1. The van der Waals surface area contributed by atoms with Crippen LogP contribution in [0, 0.1) is 10.1 Å². The molecule has 4 aromatic carbocycles. The summed E-state index contributed by atoms with van der Waals surface area (Å²) in [5, 5.41) is 15.2. The van der Waals surface area contributed by atoms with Crippen molar-refractivity contribution in [1.29, 1.82) is 0 Å². The first kappa shape index (κ1) is 25.4. The number of non-ortho nitro benzene ring substituents is 1. The number of amides is 1. The molecule has 9 nitrogen and oxygen atoms in total. The smallest absolute Gasteiger partial charge is 0.269 e. The molecule has 1 heterocycles. The van der Waals surface area contributed by atoms with Gasteiger partial charge in [-0.15, -0.1) is 0 Å². The summed E-state index contributed by atoms with van der Waals surface area (Å²) in [7, 11) is -3.85. The first-order valence-corrected chi connectivity index (χ1v) is 13.2. The molecule has 194 valence electrons. The highest BCUT2D eigenvalue weighted by atomic mass is 32.2. The lowest BCUT2D eigenvalue weighted by Gasteiger charge is -2.11. The Labute approximate surface area is 223 Å². The number of nitrogens with zero attached hydrogens (tertiary/aromatic N) is 1. The van der Waals surface area contributed by atoms with Crippen LogP contribution in [-0.4, -0.2) is 19.2 Å². The van der Waals surface area contributed by atoms with Crippen molar-refractivity contribution in [2.45, 2.75) is 4.90 Å². The number of rotatable bonds is 8. The van der Waals surface area contributed by atoms with Crippen LogP contribution in [0.2, 0.25) is 0 Å². The molecule has 1 amide bonds. The van der Waals surface area contributed by atoms with E-state index in [2.05, 4.69) is 10.0 Å². The second kappa shape index (κ2) is 10.6. The van der Waals surface area contributed by atoms with Crippen molar-refractivity contribution >= 4 is 49.8 Å². The quantitative estimate of drug-likeness (QED) is 0.132. The molecule has 0 radical (unpaired) electrons. The number of nitrogens with one attached hydrogen (secondary N) is 2. The average Bonchev–Trinajstić information content (AvgIpc) is 3.41. The summed E-state index contributed by atoms with van der Waals surface area (Å²) in [4.78, 5) is 22.8. The Bertz CT molecular complexity index is 1800. The predicted molar refractivity (Wildman–Crippen MR) is 150 cm³/mol. The number of nitro benzene ring substituents is 1. The molecule has 1 aromatic heterocycles. The van der Waals surface area contributed by atoms with E-state index in [0.29, 0.717) is 28.5 Å². The summed E-state index contributed by atoms with van der Waals surface area (Å²) in [5.74, 6) is 0.478. The number of fused-ring (bicyclic) bond motifs is 1. The van der Waals surface area contributed by atoms with Crippen LogP contribution in [-0.2, 0) is 14.8 Å². The second-order valence-electron chi connectivity index (χ2n) is 8.49. The molecule has 39 heavy (non-hydrogen) atoms. The molecular weight excluding hydrogens is 518 g/mol. The Morgan fingerprint density at radius 3 is 2.31 bits per heavy atom. The van der Waals surface area contributed by atoms with Crippen LogP contribution >= 0.6 is 0 Å². The molecule has 0 aliphatic carbocycles. The van der Waals surface area contributed by atoms with Crippen LogP contribution in [0.25, 0.3) is 28.2 Å². The van der Waals surface area contributed by atoms with E-state index in [1.165, 1.54) is 48.6 Å². The maximum atomic E-state index is 12.9. The summed E-state index contributed by atoms with van der Waals surface area (Å²) >= 11 is 0. The van der Waals surface area contributed by atoms with E-state index in [-0.39, 0.29) is 10.6 Å². The molecule has 0 saturated carbocycles. The van der Waals surface area contributed by atoms with Gasteiger partial charge in [-0.05, 0) is 66.1 Å². The number of hydrogen-bond donors (Lipinski definition) is 2. The van der Waals surface area contributed by atoms with E-state index in [9.17, 15) is 23.3 Å². The van der Waals surface area contributed by atoms with Crippen molar-refractivity contribution in [3.05, 3.63) is 125 Å². The Hall–Kier alpha value is -5.22. The highest BCUT2D eigenvalue weighted by Crippen LogP contribution is 2.27. The Balaban J connectivity index is 1.22. The van der Waals surface area contributed by atoms with Crippen LogP contribution in [0.3, 0.4) is 0 Å². The first-order valence-electron chi connectivity index (χ1n) is 11.7. The van der Waals surface area contributed by atoms with Gasteiger partial charge in [0.05, 0.1) is 15.5 Å². The number of sulfonamides is 1. The molecule has 0 bridgehead atoms. The minimum atomic E-state index is -3.85. The number of carbonyl (C=O) groups is 1. The minimum Gasteiger partial charge on any atom is -0.457 e. The topological polar surface area (TPSA) is 132 Å². The number of hydrogen-bond acceptors (Lipinski definition) is 6. The average molecular weight is 540 g/mol. The maximum Gasteiger partial charge on any atom is 0.269 e. The van der Waals surface area contributed by atoms with Gasteiger partial charge in [0.15, 0.2) is 0 Å². The fraction of sp³-hybridized carbons (Fsp3) is 0. The molecule has 0 aliphatic rings. The van der Waals surface area contributed by atoms with E-state index < -0.39 is 20.9 Å². The lowest BCUT2D eigenvalue weighted by atomic mass is 10.1. The second-order valence-corrected chi connectivity index (χ2v) is 10.2. The van der Waals surface area contributed by atoms with Crippen LogP contribution in [0.4, 0.5) is 17.1 Å². The monoisotopic (exact) mass is 539 g/mol. The molecule has 0 aliphatic heterocycles. The van der Waals surface area contributed by atoms with E-state index >= 15 is 0 Å². The van der Waals surface area contributed by atoms with Crippen LogP contribution < -0.4 is 10.0 Å². The van der Waals surface area contributed by atoms with Gasteiger partial charge in [0.2, 0.25) is 5.91 Å². The van der Waals surface area contributed by atoms with E-state index in [0.717, 1.165) is 10.8 Å². The van der Waals surface area contributed by atoms with Crippen LogP contribution in [0.15, 0.2) is 119 Å². The van der Waals surface area contributed by atoms with Crippen molar-refractivity contribution in [3.63, 3.8) is 0 Å². The van der Waals surface area contributed by atoms with Crippen molar-refractivity contribution in [3.8, 4) is 11.3 Å². The van der Waals surface area contributed by atoms with Crippen LogP contribution in [0.1, 0.15) is 5.76 Å². The van der Waals surface area contributed by atoms with Gasteiger partial charge in [0, 0.05) is 34.8 Å². The van der Waals surface area contributed by atoms with Crippen LogP contribution in [0.5, 0.6) is 0 Å². The minimum absolute atomic E-state index is 0.0196. The maximum absolute atomic E-state index is 12.9. The predicted octanol–water partition coefficient (Wildman–Crippen LogP) is 6.46.